The van der Waals surface area contributed by atoms with Gasteiger partial charge in [-0.2, -0.15) is 0 Å². The Bertz CT molecular complexity index is 856. The van der Waals surface area contributed by atoms with Gasteiger partial charge in [0.15, 0.2) is 0 Å². The van der Waals surface area contributed by atoms with Crippen LogP contribution < -0.4 is 10.1 Å². The molecule has 3 nitrogen and oxygen atoms in total. The number of hydrogen-bond donors (Lipinski definition) is 1. The lowest BCUT2D eigenvalue weighted by atomic mass is 9.96. The minimum absolute atomic E-state index is 0.672. The summed E-state index contributed by atoms with van der Waals surface area (Å²) in [6.45, 7) is 2.28. The molecule has 0 amide bonds. The standard InChI is InChI=1S/C22H25NO2S/c1-24-11-5-12-25-20-14-16(15-23-17-9-10-17)22(21-8-4-13-26-21)19-7-3-2-6-18(19)20/h2-4,6-8,13-14,17,23H,5,9-12,15H2,1H3. The summed E-state index contributed by atoms with van der Waals surface area (Å²) in [5.41, 5.74) is 2.66. The van der Waals surface area contributed by atoms with Crippen LogP contribution in [0.2, 0.25) is 0 Å². The zero-order valence-corrected chi connectivity index (χ0v) is 16.0. The first-order valence-corrected chi connectivity index (χ1v) is 10.2. The third-order valence-electron chi connectivity index (χ3n) is 4.76. The van der Waals surface area contributed by atoms with Gasteiger partial charge in [-0.05, 0) is 41.3 Å². The molecule has 4 heteroatoms. The van der Waals surface area contributed by atoms with Gasteiger partial charge in [0.05, 0.1) is 6.61 Å². The Labute approximate surface area is 159 Å². The first kappa shape index (κ1) is 17.5. The van der Waals surface area contributed by atoms with E-state index in [1.54, 1.807) is 18.4 Å². The second-order valence-corrected chi connectivity index (χ2v) is 7.73. The summed E-state index contributed by atoms with van der Waals surface area (Å²) in [5.74, 6) is 0.976. The van der Waals surface area contributed by atoms with E-state index in [4.69, 9.17) is 9.47 Å². The highest BCUT2D eigenvalue weighted by atomic mass is 32.1. The fraction of sp³-hybridized carbons (Fsp3) is 0.364. The molecule has 0 saturated heterocycles. The molecule has 1 aliphatic rings. The number of hydrogen-bond acceptors (Lipinski definition) is 4. The van der Waals surface area contributed by atoms with E-state index in [1.165, 1.54) is 39.6 Å². The molecule has 4 rings (SSSR count). The van der Waals surface area contributed by atoms with Gasteiger partial charge in [-0.25, -0.2) is 0 Å². The van der Waals surface area contributed by atoms with Gasteiger partial charge in [-0.3, -0.25) is 0 Å². The third kappa shape index (κ3) is 3.93. The molecule has 1 aromatic heterocycles. The SMILES string of the molecule is COCCCOc1cc(CNC2CC2)c(-c2cccs2)c2ccccc12. The molecule has 1 saturated carbocycles. The van der Waals surface area contributed by atoms with Crippen molar-refractivity contribution in [1.82, 2.24) is 5.32 Å². The van der Waals surface area contributed by atoms with Crippen molar-refractivity contribution in [2.75, 3.05) is 20.3 Å². The van der Waals surface area contributed by atoms with Gasteiger partial charge in [-0.15, -0.1) is 11.3 Å². The highest BCUT2D eigenvalue weighted by Crippen LogP contribution is 2.40. The van der Waals surface area contributed by atoms with E-state index in [1.807, 2.05) is 0 Å². The van der Waals surface area contributed by atoms with E-state index < -0.39 is 0 Å². The molecule has 0 spiro atoms. The Morgan fingerprint density at radius 3 is 2.65 bits per heavy atom. The number of ether oxygens (including phenoxy) is 2. The van der Waals surface area contributed by atoms with Gasteiger partial charge in [0.2, 0.25) is 0 Å². The number of rotatable bonds is 9. The molecule has 0 aliphatic heterocycles. The van der Waals surface area contributed by atoms with Crippen LogP contribution in [0.15, 0.2) is 47.8 Å². The molecular formula is C22H25NO2S. The third-order valence-corrected chi connectivity index (χ3v) is 5.65. The number of nitrogens with one attached hydrogen (secondary N) is 1. The zero-order valence-electron chi connectivity index (χ0n) is 15.2. The largest absolute Gasteiger partial charge is 0.493 e. The highest BCUT2D eigenvalue weighted by molar-refractivity contribution is 7.13. The van der Waals surface area contributed by atoms with Crippen LogP contribution in [0.3, 0.4) is 0 Å². The van der Waals surface area contributed by atoms with Crippen LogP contribution in [0.1, 0.15) is 24.8 Å². The smallest absolute Gasteiger partial charge is 0.127 e. The van der Waals surface area contributed by atoms with Crippen molar-refractivity contribution >= 4 is 22.1 Å². The minimum Gasteiger partial charge on any atom is -0.493 e. The van der Waals surface area contributed by atoms with Crippen LogP contribution in [0.5, 0.6) is 5.75 Å². The van der Waals surface area contributed by atoms with Crippen LogP contribution >= 0.6 is 11.3 Å². The molecule has 0 unspecified atom stereocenters. The predicted molar refractivity (Wildman–Crippen MR) is 109 cm³/mol. The summed E-state index contributed by atoms with van der Waals surface area (Å²) in [7, 11) is 1.73. The minimum atomic E-state index is 0.672. The van der Waals surface area contributed by atoms with E-state index in [2.05, 4.69) is 53.2 Å². The Balaban J connectivity index is 1.74. The van der Waals surface area contributed by atoms with Crippen LogP contribution in [-0.4, -0.2) is 26.4 Å². The second-order valence-electron chi connectivity index (χ2n) is 6.78. The lowest BCUT2D eigenvalue weighted by molar-refractivity contribution is 0.172. The average molecular weight is 368 g/mol. The maximum Gasteiger partial charge on any atom is 0.127 e. The van der Waals surface area contributed by atoms with E-state index in [9.17, 15) is 0 Å². The van der Waals surface area contributed by atoms with E-state index in [0.29, 0.717) is 12.6 Å². The fourth-order valence-electron chi connectivity index (χ4n) is 3.29. The summed E-state index contributed by atoms with van der Waals surface area (Å²) in [4.78, 5) is 1.32. The van der Waals surface area contributed by atoms with E-state index in [0.717, 1.165) is 25.3 Å². The topological polar surface area (TPSA) is 30.5 Å². The normalized spacial score (nSPS) is 14.0. The second kappa shape index (κ2) is 8.21. The maximum atomic E-state index is 6.15. The Morgan fingerprint density at radius 2 is 1.92 bits per heavy atom. The van der Waals surface area contributed by atoms with Crippen LogP contribution in [-0.2, 0) is 11.3 Å². The summed E-state index contributed by atoms with van der Waals surface area (Å²) < 4.78 is 11.3. The maximum absolute atomic E-state index is 6.15. The first-order valence-electron chi connectivity index (χ1n) is 9.30. The van der Waals surface area contributed by atoms with Gasteiger partial charge in [0, 0.05) is 48.6 Å². The molecule has 1 fully saturated rings. The molecule has 2 aromatic carbocycles. The van der Waals surface area contributed by atoms with Gasteiger partial charge in [-0.1, -0.05) is 30.3 Å². The number of benzene rings is 2. The Morgan fingerprint density at radius 1 is 1.08 bits per heavy atom. The lowest BCUT2D eigenvalue weighted by Gasteiger charge is -2.17. The molecule has 0 bridgehead atoms. The number of fused-ring (bicyclic) bond motifs is 1. The fourth-order valence-corrected chi connectivity index (χ4v) is 4.11. The van der Waals surface area contributed by atoms with Crippen molar-refractivity contribution in [3.63, 3.8) is 0 Å². The lowest BCUT2D eigenvalue weighted by Crippen LogP contribution is -2.16. The quantitative estimate of drug-likeness (QED) is 0.525. The van der Waals surface area contributed by atoms with Crippen LogP contribution in [0.4, 0.5) is 0 Å². The van der Waals surface area contributed by atoms with Crippen molar-refractivity contribution in [1.29, 1.82) is 0 Å². The molecule has 26 heavy (non-hydrogen) atoms. The Hall–Kier alpha value is -1.88. The first-order chi connectivity index (χ1) is 12.9. The highest BCUT2D eigenvalue weighted by Gasteiger charge is 2.22. The van der Waals surface area contributed by atoms with Gasteiger partial charge >= 0.3 is 0 Å². The zero-order chi connectivity index (χ0) is 17.8. The number of methoxy groups -OCH3 is 1. The van der Waals surface area contributed by atoms with Crippen molar-refractivity contribution in [2.45, 2.75) is 31.8 Å². The molecule has 0 atom stereocenters. The van der Waals surface area contributed by atoms with Crippen molar-refractivity contribution in [3.8, 4) is 16.2 Å². The average Bonchev–Trinajstić information content (AvgIpc) is 3.35. The molecule has 1 N–H and O–H groups in total. The molecule has 1 aliphatic carbocycles. The molecule has 3 aromatic rings. The van der Waals surface area contributed by atoms with Crippen molar-refractivity contribution in [2.24, 2.45) is 0 Å². The Kier molecular flexibility index (Phi) is 5.54. The van der Waals surface area contributed by atoms with Crippen molar-refractivity contribution < 1.29 is 9.47 Å². The van der Waals surface area contributed by atoms with Crippen LogP contribution in [0, 0.1) is 0 Å². The van der Waals surface area contributed by atoms with E-state index in [-0.39, 0.29) is 0 Å². The summed E-state index contributed by atoms with van der Waals surface area (Å²) in [6, 6.07) is 15.8. The van der Waals surface area contributed by atoms with Gasteiger partial charge in [0.1, 0.15) is 5.75 Å². The predicted octanol–water partition coefficient (Wildman–Crippen LogP) is 5.24. The van der Waals surface area contributed by atoms with Crippen molar-refractivity contribution in [3.05, 3.63) is 53.4 Å². The molecule has 136 valence electrons. The monoisotopic (exact) mass is 367 g/mol. The summed E-state index contributed by atoms with van der Waals surface area (Å²) in [6.07, 6.45) is 3.48. The molecular weight excluding hydrogens is 342 g/mol. The number of thiophene rings is 1. The summed E-state index contributed by atoms with van der Waals surface area (Å²) >= 11 is 1.80. The van der Waals surface area contributed by atoms with Gasteiger partial charge < -0.3 is 14.8 Å². The summed E-state index contributed by atoms with van der Waals surface area (Å²) in [5, 5.41) is 8.28. The molecule has 1 heterocycles. The van der Waals surface area contributed by atoms with Gasteiger partial charge in [0.25, 0.3) is 0 Å². The van der Waals surface area contributed by atoms with E-state index >= 15 is 0 Å². The molecule has 0 radical (unpaired) electrons. The van der Waals surface area contributed by atoms with Crippen LogP contribution in [0.25, 0.3) is 21.2 Å².